The second-order valence-electron chi connectivity index (χ2n) is 5.11. The van der Waals surface area contributed by atoms with Gasteiger partial charge in [0.2, 0.25) is 0 Å². The van der Waals surface area contributed by atoms with Crippen molar-refractivity contribution in [2.24, 2.45) is 0 Å². The number of carbonyl (C=O) groups excluding carboxylic acids is 1. The zero-order valence-corrected chi connectivity index (χ0v) is 13.8. The van der Waals surface area contributed by atoms with Crippen LogP contribution in [0.25, 0.3) is 16.6 Å². The Balaban J connectivity index is 1.58. The highest BCUT2D eigenvalue weighted by Gasteiger charge is 2.07. The molecule has 6 heteroatoms. The Kier molecular flexibility index (Phi) is 5.30. The van der Waals surface area contributed by atoms with Crippen LogP contribution in [0.3, 0.4) is 0 Å². The van der Waals surface area contributed by atoms with Crippen LogP contribution < -0.4 is 0 Å². The molecule has 25 heavy (non-hydrogen) atoms. The number of carbonyl (C=O) groups is 1. The van der Waals surface area contributed by atoms with Crippen LogP contribution in [0.1, 0.15) is 11.3 Å². The van der Waals surface area contributed by atoms with Gasteiger partial charge in [-0.1, -0.05) is 18.2 Å². The predicted molar refractivity (Wildman–Crippen MR) is 92.7 cm³/mol. The Labute approximate surface area is 147 Å². The first kappa shape index (κ1) is 17.0. The second kappa shape index (κ2) is 7.81. The first-order valence-corrected chi connectivity index (χ1v) is 8.29. The van der Waals surface area contributed by atoms with E-state index in [0.717, 1.165) is 5.56 Å². The lowest BCUT2D eigenvalue weighted by molar-refractivity contribution is -0.139. The van der Waals surface area contributed by atoms with Gasteiger partial charge in [0.25, 0.3) is 0 Å². The second-order valence-corrected chi connectivity index (χ2v) is 5.97. The molecule has 0 fully saturated rings. The quantitative estimate of drug-likeness (QED) is 0.484. The van der Waals surface area contributed by atoms with Gasteiger partial charge in [-0.2, -0.15) is 0 Å². The number of esters is 1. The Hall–Kier alpha value is -2.86. The van der Waals surface area contributed by atoms with E-state index in [2.05, 4.69) is 4.98 Å². The lowest BCUT2D eigenvalue weighted by atomic mass is 10.2. The first-order valence-electron chi connectivity index (χ1n) is 7.41. The summed E-state index contributed by atoms with van der Waals surface area (Å²) < 4.78 is 31.5. The van der Waals surface area contributed by atoms with Gasteiger partial charge in [-0.05, 0) is 36.4 Å². The van der Waals surface area contributed by atoms with Crippen molar-refractivity contribution in [3.8, 4) is 10.6 Å². The summed E-state index contributed by atoms with van der Waals surface area (Å²) in [6.45, 7) is 0.0120. The smallest absolute Gasteiger partial charge is 0.331 e. The maximum Gasteiger partial charge on any atom is 0.331 e. The van der Waals surface area contributed by atoms with Crippen LogP contribution in [0.5, 0.6) is 0 Å². The normalized spacial score (nSPS) is 11.0. The van der Waals surface area contributed by atoms with Crippen LogP contribution in [-0.2, 0) is 16.1 Å². The molecular formula is C19H13F2NO2S. The Morgan fingerprint density at radius 1 is 1.12 bits per heavy atom. The zero-order valence-electron chi connectivity index (χ0n) is 13.0. The number of benzene rings is 2. The van der Waals surface area contributed by atoms with Crippen molar-refractivity contribution in [3.63, 3.8) is 0 Å². The van der Waals surface area contributed by atoms with E-state index in [1.165, 1.54) is 41.7 Å². The fourth-order valence-corrected chi connectivity index (χ4v) is 2.87. The topological polar surface area (TPSA) is 39.2 Å². The third kappa shape index (κ3) is 4.58. The lowest BCUT2D eigenvalue weighted by Crippen LogP contribution is -2.01. The van der Waals surface area contributed by atoms with Gasteiger partial charge in [0, 0.05) is 22.6 Å². The summed E-state index contributed by atoms with van der Waals surface area (Å²) in [6.07, 6.45) is 2.54. The minimum Gasteiger partial charge on any atom is -0.456 e. The van der Waals surface area contributed by atoms with Crippen molar-refractivity contribution in [1.82, 2.24) is 4.98 Å². The van der Waals surface area contributed by atoms with E-state index in [1.807, 2.05) is 0 Å². The lowest BCUT2D eigenvalue weighted by Gasteiger charge is -1.99. The molecule has 0 saturated heterocycles. The van der Waals surface area contributed by atoms with Crippen LogP contribution >= 0.6 is 11.3 Å². The molecule has 0 aliphatic carbocycles. The van der Waals surface area contributed by atoms with E-state index in [0.29, 0.717) is 16.3 Å². The molecule has 0 aliphatic rings. The number of rotatable bonds is 5. The summed E-state index contributed by atoms with van der Waals surface area (Å²) in [6, 6.07) is 12.1. The summed E-state index contributed by atoms with van der Waals surface area (Å²) in [5, 5.41) is 2.49. The van der Waals surface area contributed by atoms with Crippen LogP contribution in [0, 0.1) is 11.6 Å². The van der Waals surface area contributed by atoms with Crippen molar-refractivity contribution in [3.05, 3.63) is 82.9 Å². The van der Waals surface area contributed by atoms with E-state index in [1.54, 1.807) is 35.7 Å². The van der Waals surface area contributed by atoms with E-state index in [-0.39, 0.29) is 12.4 Å². The summed E-state index contributed by atoms with van der Waals surface area (Å²) >= 11 is 1.38. The van der Waals surface area contributed by atoms with Crippen LogP contribution in [0.15, 0.2) is 60.0 Å². The minimum atomic E-state index is -0.584. The number of nitrogens with zero attached hydrogens (tertiary/aromatic N) is 1. The molecule has 0 atom stereocenters. The van der Waals surface area contributed by atoms with Gasteiger partial charge < -0.3 is 4.74 Å². The van der Waals surface area contributed by atoms with Crippen molar-refractivity contribution >= 4 is 23.4 Å². The Bertz CT molecular complexity index is 904. The van der Waals surface area contributed by atoms with Crippen LogP contribution in [0.2, 0.25) is 0 Å². The molecule has 2 aromatic carbocycles. The third-order valence-corrected chi connectivity index (χ3v) is 4.25. The van der Waals surface area contributed by atoms with Crippen LogP contribution in [0.4, 0.5) is 8.78 Å². The van der Waals surface area contributed by atoms with Gasteiger partial charge in [0.05, 0.1) is 5.69 Å². The number of ether oxygens (including phenoxy) is 1. The number of thiazole rings is 1. The molecule has 3 nitrogen and oxygen atoms in total. The highest BCUT2D eigenvalue weighted by molar-refractivity contribution is 7.13. The molecular weight excluding hydrogens is 344 g/mol. The number of hydrogen-bond donors (Lipinski definition) is 0. The van der Waals surface area contributed by atoms with E-state index in [9.17, 15) is 13.6 Å². The molecule has 3 aromatic rings. The zero-order chi connectivity index (χ0) is 17.6. The molecule has 3 rings (SSSR count). The molecule has 0 aliphatic heterocycles. The van der Waals surface area contributed by atoms with Gasteiger partial charge in [0.1, 0.15) is 23.2 Å². The Morgan fingerprint density at radius 2 is 1.88 bits per heavy atom. The van der Waals surface area contributed by atoms with Crippen LogP contribution in [-0.4, -0.2) is 11.0 Å². The van der Waals surface area contributed by atoms with Crippen molar-refractivity contribution in [2.45, 2.75) is 6.61 Å². The maximum absolute atomic E-state index is 13.4. The maximum atomic E-state index is 13.4. The summed E-state index contributed by atoms with van der Waals surface area (Å²) in [5.41, 5.74) is 1.70. The molecule has 0 amide bonds. The molecule has 126 valence electrons. The monoisotopic (exact) mass is 357 g/mol. The molecule has 1 aromatic heterocycles. The van der Waals surface area contributed by atoms with E-state index < -0.39 is 11.8 Å². The SMILES string of the molecule is O=C(/C=C/c1ccccc1F)OCc1csc(-c2ccc(F)cc2)n1. The summed E-state index contributed by atoms with van der Waals surface area (Å²) in [4.78, 5) is 16.1. The van der Waals surface area contributed by atoms with Gasteiger partial charge in [-0.15, -0.1) is 11.3 Å². The molecule has 1 heterocycles. The van der Waals surface area contributed by atoms with Crippen molar-refractivity contribution < 1.29 is 18.3 Å². The number of hydrogen-bond acceptors (Lipinski definition) is 4. The average Bonchev–Trinajstić information content (AvgIpc) is 3.09. The van der Waals surface area contributed by atoms with E-state index in [4.69, 9.17) is 4.74 Å². The molecule has 0 radical (unpaired) electrons. The van der Waals surface area contributed by atoms with Crippen molar-refractivity contribution in [2.75, 3.05) is 0 Å². The standard InChI is InChI=1S/C19H13F2NO2S/c20-15-8-5-14(6-9-15)19-22-16(12-25-19)11-24-18(23)10-7-13-3-1-2-4-17(13)21/h1-10,12H,11H2/b10-7+. The average molecular weight is 357 g/mol. The number of aromatic nitrogens is 1. The van der Waals surface area contributed by atoms with Gasteiger partial charge >= 0.3 is 5.97 Å². The fourth-order valence-electron chi connectivity index (χ4n) is 2.06. The highest BCUT2D eigenvalue weighted by Crippen LogP contribution is 2.24. The third-order valence-electron chi connectivity index (χ3n) is 3.31. The molecule has 0 spiro atoms. The minimum absolute atomic E-state index is 0.0120. The summed E-state index contributed by atoms with van der Waals surface area (Å²) in [7, 11) is 0. The molecule has 0 unspecified atom stereocenters. The molecule has 0 bridgehead atoms. The Morgan fingerprint density at radius 3 is 2.64 bits per heavy atom. The summed E-state index contributed by atoms with van der Waals surface area (Å²) in [5.74, 6) is -1.30. The molecule has 0 N–H and O–H groups in total. The fraction of sp³-hybridized carbons (Fsp3) is 0.0526. The largest absolute Gasteiger partial charge is 0.456 e. The van der Waals surface area contributed by atoms with E-state index >= 15 is 0 Å². The van der Waals surface area contributed by atoms with Gasteiger partial charge in [0.15, 0.2) is 0 Å². The predicted octanol–water partition coefficient (Wildman–Crippen LogP) is 4.84. The number of halogens is 2. The van der Waals surface area contributed by atoms with Crippen molar-refractivity contribution in [1.29, 1.82) is 0 Å². The van der Waals surface area contributed by atoms with Gasteiger partial charge in [-0.25, -0.2) is 18.6 Å². The van der Waals surface area contributed by atoms with Gasteiger partial charge in [-0.3, -0.25) is 0 Å². The highest BCUT2D eigenvalue weighted by atomic mass is 32.1. The molecule has 0 saturated carbocycles. The first-order chi connectivity index (χ1) is 12.1.